The summed E-state index contributed by atoms with van der Waals surface area (Å²) in [6.07, 6.45) is 5.54. The quantitative estimate of drug-likeness (QED) is 0.634. The summed E-state index contributed by atoms with van der Waals surface area (Å²) in [6.45, 7) is 1.22. The van der Waals surface area contributed by atoms with E-state index in [1.807, 2.05) is 0 Å². The van der Waals surface area contributed by atoms with Crippen molar-refractivity contribution in [2.45, 2.75) is 38.1 Å². The van der Waals surface area contributed by atoms with Crippen molar-refractivity contribution in [1.82, 2.24) is 4.90 Å². The van der Waals surface area contributed by atoms with Crippen LogP contribution < -0.4 is 0 Å². The van der Waals surface area contributed by atoms with E-state index in [-0.39, 0.29) is 0 Å². The molecule has 12 heavy (non-hydrogen) atoms. The normalized spacial score (nSPS) is 30.2. The summed E-state index contributed by atoms with van der Waals surface area (Å²) in [7, 11) is 2.17. The standard InChI is InChI=1S/C10H17NO/c1-11(7-8-2-3-8)9-4-5-10(12)6-9/h8-9H,2-7H2,1H3. The summed E-state index contributed by atoms with van der Waals surface area (Å²) < 4.78 is 0. The molecule has 0 radical (unpaired) electrons. The number of Topliss-reactive ketones (excluding diaryl/α,β-unsaturated/α-hetero) is 1. The first-order valence-electron chi connectivity index (χ1n) is 4.97. The van der Waals surface area contributed by atoms with Gasteiger partial charge in [0.05, 0.1) is 0 Å². The van der Waals surface area contributed by atoms with Crippen LogP contribution in [0.5, 0.6) is 0 Å². The number of rotatable bonds is 3. The lowest BCUT2D eigenvalue weighted by Crippen LogP contribution is -2.31. The number of hydrogen-bond acceptors (Lipinski definition) is 2. The molecule has 2 heteroatoms. The minimum absolute atomic E-state index is 0.461. The van der Waals surface area contributed by atoms with Crippen molar-refractivity contribution >= 4 is 5.78 Å². The van der Waals surface area contributed by atoms with E-state index in [0.29, 0.717) is 11.8 Å². The number of carbonyl (C=O) groups excluding carboxylic acids is 1. The van der Waals surface area contributed by atoms with Crippen molar-refractivity contribution in [3.8, 4) is 0 Å². The monoisotopic (exact) mass is 167 g/mol. The van der Waals surface area contributed by atoms with Crippen molar-refractivity contribution in [3.05, 3.63) is 0 Å². The molecule has 2 fully saturated rings. The van der Waals surface area contributed by atoms with Gasteiger partial charge in [0, 0.05) is 25.4 Å². The van der Waals surface area contributed by atoms with E-state index in [4.69, 9.17) is 0 Å². The fourth-order valence-corrected chi connectivity index (χ4v) is 2.03. The van der Waals surface area contributed by atoms with Gasteiger partial charge in [-0.3, -0.25) is 4.79 Å². The molecule has 68 valence electrons. The molecule has 2 nitrogen and oxygen atoms in total. The van der Waals surface area contributed by atoms with Crippen LogP contribution in [0.3, 0.4) is 0 Å². The SMILES string of the molecule is CN(CC1CC1)C1CCC(=O)C1. The molecule has 0 amide bonds. The van der Waals surface area contributed by atoms with Crippen LogP contribution in [0.15, 0.2) is 0 Å². The predicted octanol–water partition coefficient (Wildman–Crippen LogP) is 1.45. The molecule has 1 unspecified atom stereocenters. The second-order valence-corrected chi connectivity index (χ2v) is 4.32. The smallest absolute Gasteiger partial charge is 0.134 e. The third-order valence-corrected chi connectivity index (χ3v) is 3.09. The van der Waals surface area contributed by atoms with Gasteiger partial charge in [-0.25, -0.2) is 0 Å². The third kappa shape index (κ3) is 1.86. The summed E-state index contributed by atoms with van der Waals surface area (Å²) in [5.41, 5.74) is 0. The summed E-state index contributed by atoms with van der Waals surface area (Å²) in [4.78, 5) is 13.4. The van der Waals surface area contributed by atoms with Crippen molar-refractivity contribution in [2.75, 3.05) is 13.6 Å². The maximum atomic E-state index is 11.0. The van der Waals surface area contributed by atoms with Gasteiger partial charge in [-0.15, -0.1) is 0 Å². The van der Waals surface area contributed by atoms with Crippen LogP contribution in [0.25, 0.3) is 0 Å². The molecule has 0 bridgehead atoms. The van der Waals surface area contributed by atoms with Gasteiger partial charge in [0.2, 0.25) is 0 Å². The Morgan fingerprint density at radius 1 is 1.42 bits per heavy atom. The van der Waals surface area contributed by atoms with Crippen LogP contribution in [0.1, 0.15) is 32.1 Å². The van der Waals surface area contributed by atoms with Crippen molar-refractivity contribution < 1.29 is 4.79 Å². The molecular formula is C10H17NO. The Hall–Kier alpha value is -0.370. The molecule has 0 aliphatic heterocycles. The van der Waals surface area contributed by atoms with Gasteiger partial charge in [0.15, 0.2) is 0 Å². The Balaban J connectivity index is 1.78. The van der Waals surface area contributed by atoms with E-state index in [0.717, 1.165) is 25.2 Å². The second kappa shape index (κ2) is 3.17. The molecule has 0 heterocycles. The van der Waals surface area contributed by atoms with Crippen LogP contribution in [-0.2, 0) is 4.79 Å². The first-order valence-corrected chi connectivity index (χ1v) is 4.97. The van der Waals surface area contributed by atoms with E-state index < -0.39 is 0 Å². The van der Waals surface area contributed by atoms with Gasteiger partial charge in [0.1, 0.15) is 5.78 Å². The van der Waals surface area contributed by atoms with Crippen molar-refractivity contribution in [2.24, 2.45) is 5.92 Å². The van der Waals surface area contributed by atoms with Crippen LogP contribution >= 0.6 is 0 Å². The lowest BCUT2D eigenvalue weighted by molar-refractivity contribution is -0.117. The maximum Gasteiger partial charge on any atom is 0.134 e. The number of nitrogens with zero attached hydrogens (tertiary/aromatic N) is 1. The molecule has 0 saturated heterocycles. The largest absolute Gasteiger partial charge is 0.303 e. The Morgan fingerprint density at radius 3 is 2.67 bits per heavy atom. The fourth-order valence-electron chi connectivity index (χ4n) is 2.03. The van der Waals surface area contributed by atoms with Gasteiger partial charge < -0.3 is 4.90 Å². The highest BCUT2D eigenvalue weighted by molar-refractivity contribution is 5.81. The highest BCUT2D eigenvalue weighted by Crippen LogP contribution is 2.31. The lowest BCUT2D eigenvalue weighted by Gasteiger charge is -2.22. The third-order valence-electron chi connectivity index (χ3n) is 3.09. The summed E-state index contributed by atoms with van der Waals surface area (Å²) in [6, 6.07) is 0.568. The Morgan fingerprint density at radius 2 is 2.17 bits per heavy atom. The topological polar surface area (TPSA) is 20.3 Å². The van der Waals surface area contributed by atoms with Gasteiger partial charge in [0.25, 0.3) is 0 Å². The van der Waals surface area contributed by atoms with Crippen molar-refractivity contribution in [3.63, 3.8) is 0 Å². The molecule has 2 aliphatic rings. The summed E-state index contributed by atoms with van der Waals surface area (Å²) in [5, 5.41) is 0. The first kappa shape index (κ1) is 8.24. The van der Waals surface area contributed by atoms with E-state index in [2.05, 4.69) is 11.9 Å². The Kier molecular flexibility index (Phi) is 2.18. The fraction of sp³-hybridized carbons (Fsp3) is 0.900. The van der Waals surface area contributed by atoms with Crippen LogP contribution in [0.4, 0.5) is 0 Å². The molecule has 2 saturated carbocycles. The van der Waals surface area contributed by atoms with Gasteiger partial charge >= 0.3 is 0 Å². The second-order valence-electron chi connectivity index (χ2n) is 4.32. The minimum Gasteiger partial charge on any atom is -0.303 e. The first-order chi connectivity index (χ1) is 5.75. The molecule has 0 aromatic heterocycles. The average Bonchev–Trinajstić information content (AvgIpc) is 2.72. The number of hydrogen-bond donors (Lipinski definition) is 0. The Labute approximate surface area is 73.9 Å². The zero-order valence-corrected chi connectivity index (χ0v) is 7.75. The van der Waals surface area contributed by atoms with Crippen LogP contribution in [0, 0.1) is 5.92 Å². The van der Waals surface area contributed by atoms with Crippen LogP contribution in [0.2, 0.25) is 0 Å². The molecular weight excluding hydrogens is 150 g/mol. The zero-order chi connectivity index (χ0) is 8.55. The van der Waals surface area contributed by atoms with Gasteiger partial charge in [-0.2, -0.15) is 0 Å². The summed E-state index contributed by atoms with van der Waals surface area (Å²) in [5.74, 6) is 1.41. The van der Waals surface area contributed by atoms with E-state index in [1.54, 1.807) is 0 Å². The molecule has 0 aromatic rings. The highest BCUT2D eigenvalue weighted by atomic mass is 16.1. The number of carbonyl (C=O) groups is 1. The molecule has 0 aromatic carbocycles. The minimum atomic E-state index is 0.461. The van der Waals surface area contributed by atoms with E-state index in [1.165, 1.54) is 19.4 Å². The Bertz CT molecular complexity index is 186. The number of ketones is 1. The zero-order valence-electron chi connectivity index (χ0n) is 7.75. The van der Waals surface area contributed by atoms with Crippen molar-refractivity contribution in [1.29, 1.82) is 0 Å². The van der Waals surface area contributed by atoms with Crippen LogP contribution in [-0.4, -0.2) is 30.3 Å². The molecule has 2 rings (SSSR count). The molecule has 0 N–H and O–H groups in total. The molecule has 0 spiro atoms. The lowest BCUT2D eigenvalue weighted by atomic mass is 10.2. The molecule has 1 atom stereocenters. The highest BCUT2D eigenvalue weighted by Gasteiger charge is 2.29. The van der Waals surface area contributed by atoms with Gasteiger partial charge in [-0.05, 0) is 32.2 Å². The van der Waals surface area contributed by atoms with E-state index >= 15 is 0 Å². The average molecular weight is 167 g/mol. The van der Waals surface area contributed by atoms with Gasteiger partial charge in [-0.1, -0.05) is 0 Å². The molecule has 2 aliphatic carbocycles. The predicted molar refractivity (Wildman–Crippen MR) is 48.0 cm³/mol. The summed E-state index contributed by atoms with van der Waals surface area (Å²) >= 11 is 0. The maximum absolute atomic E-state index is 11.0. The van der Waals surface area contributed by atoms with E-state index in [9.17, 15) is 4.79 Å².